The maximum atomic E-state index is 11.9. The number of H-pyrrole nitrogens is 1. The SMILES string of the molecule is CCOC(=O)c1c(C)[nH]c(C(=O)COC(C)=O)c1C. The molecule has 0 saturated heterocycles. The number of aromatic amines is 1. The summed E-state index contributed by atoms with van der Waals surface area (Å²) in [7, 11) is 0. The first-order valence-corrected chi connectivity index (χ1v) is 5.91. The molecular formula is C13H17NO5. The lowest BCUT2D eigenvalue weighted by atomic mass is 10.1. The molecule has 1 rings (SSSR count). The molecule has 0 saturated carbocycles. The van der Waals surface area contributed by atoms with Gasteiger partial charge in [0.2, 0.25) is 5.78 Å². The second-order valence-electron chi connectivity index (χ2n) is 4.05. The van der Waals surface area contributed by atoms with Gasteiger partial charge in [-0.1, -0.05) is 0 Å². The highest BCUT2D eigenvalue weighted by Gasteiger charge is 2.23. The fourth-order valence-electron chi connectivity index (χ4n) is 1.78. The van der Waals surface area contributed by atoms with Gasteiger partial charge >= 0.3 is 11.9 Å². The Hall–Kier alpha value is -2.11. The van der Waals surface area contributed by atoms with Gasteiger partial charge in [0.05, 0.1) is 17.9 Å². The summed E-state index contributed by atoms with van der Waals surface area (Å²) >= 11 is 0. The van der Waals surface area contributed by atoms with Crippen molar-refractivity contribution < 1.29 is 23.9 Å². The zero-order valence-electron chi connectivity index (χ0n) is 11.5. The van der Waals surface area contributed by atoms with Crippen LogP contribution in [-0.2, 0) is 14.3 Å². The molecule has 0 aromatic carbocycles. The highest BCUT2D eigenvalue weighted by Crippen LogP contribution is 2.19. The standard InChI is InChI=1S/C13H17NO5/c1-5-18-13(17)11-7(2)12(14-8(11)3)10(16)6-19-9(4)15/h14H,5-6H2,1-4H3. The summed E-state index contributed by atoms with van der Waals surface area (Å²) in [6, 6.07) is 0. The Balaban J connectivity index is 2.99. The van der Waals surface area contributed by atoms with Gasteiger partial charge < -0.3 is 14.5 Å². The number of esters is 2. The van der Waals surface area contributed by atoms with Gasteiger partial charge in [0, 0.05) is 12.6 Å². The smallest absolute Gasteiger partial charge is 0.340 e. The van der Waals surface area contributed by atoms with Crippen LogP contribution in [0, 0.1) is 13.8 Å². The second kappa shape index (κ2) is 6.17. The van der Waals surface area contributed by atoms with Crippen LogP contribution in [0.2, 0.25) is 0 Å². The lowest BCUT2D eigenvalue weighted by Gasteiger charge is -2.03. The van der Waals surface area contributed by atoms with E-state index in [0.717, 1.165) is 0 Å². The van der Waals surface area contributed by atoms with Crippen LogP contribution in [0.15, 0.2) is 0 Å². The molecule has 1 N–H and O–H groups in total. The number of aromatic nitrogens is 1. The molecule has 19 heavy (non-hydrogen) atoms. The molecule has 1 heterocycles. The van der Waals surface area contributed by atoms with Crippen molar-refractivity contribution >= 4 is 17.7 Å². The summed E-state index contributed by atoms with van der Waals surface area (Å²) in [5.74, 6) is -1.38. The molecular weight excluding hydrogens is 250 g/mol. The summed E-state index contributed by atoms with van der Waals surface area (Å²) < 4.78 is 9.57. The lowest BCUT2D eigenvalue weighted by molar-refractivity contribution is -0.139. The molecule has 1 aromatic heterocycles. The van der Waals surface area contributed by atoms with Crippen molar-refractivity contribution in [3.8, 4) is 0 Å². The number of carbonyl (C=O) groups excluding carboxylic acids is 3. The summed E-state index contributed by atoms with van der Waals surface area (Å²) in [6.45, 7) is 6.18. The number of carbonyl (C=O) groups is 3. The number of hydrogen-bond acceptors (Lipinski definition) is 5. The minimum Gasteiger partial charge on any atom is -0.462 e. The summed E-state index contributed by atoms with van der Waals surface area (Å²) in [6.07, 6.45) is 0. The van der Waals surface area contributed by atoms with E-state index in [1.165, 1.54) is 6.92 Å². The summed E-state index contributed by atoms with van der Waals surface area (Å²) in [5, 5.41) is 0. The molecule has 0 fully saturated rings. The number of nitrogens with one attached hydrogen (secondary N) is 1. The fraction of sp³-hybridized carbons (Fsp3) is 0.462. The third kappa shape index (κ3) is 3.43. The fourth-order valence-corrected chi connectivity index (χ4v) is 1.78. The maximum Gasteiger partial charge on any atom is 0.340 e. The average Bonchev–Trinajstić information content (AvgIpc) is 2.62. The Morgan fingerprint density at radius 3 is 2.32 bits per heavy atom. The van der Waals surface area contributed by atoms with E-state index >= 15 is 0 Å². The molecule has 0 radical (unpaired) electrons. The molecule has 0 aliphatic heterocycles. The number of aryl methyl sites for hydroxylation is 1. The van der Waals surface area contributed by atoms with Crippen LogP contribution in [0.25, 0.3) is 0 Å². The van der Waals surface area contributed by atoms with Crippen molar-refractivity contribution in [2.45, 2.75) is 27.7 Å². The zero-order chi connectivity index (χ0) is 14.6. The third-order valence-electron chi connectivity index (χ3n) is 2.60. The topological polar surface area (TPSA) is 85.5 Å². The lowest BCUT2D eigenvalue weighted by Crippen LogP contribution is -2.13. The molecule has 1 aromatic rings. The van der Waals surface area contributed by atoms with Gasteiger partial charge in [-0.25, -0.2) is 4.79 Å². The molecule has 0 amide bonds. The Bertz CT molecular complexity index is 515. The summed E-state index contributed by atoms with van der Waals surface area (Å²) in [4.78, 5) is 37.1. The molecule has 0 unspecified atom stereocenters. The van der Waals surface area contributed by atoms with Crippen LogP contribution in [0.3, 0.4) is 0 Å². The van der Waals surface area contributed by atoms with Gasteiger partial charge in [0.25, 0.3) is 0 Å². The molecule has 0 aliphatic rings. The minimum atomic E-state index is -0.528. The Kier molecular flexibility index (Phi) is 4.86. The van der Waals surface area contributed by atoms with Crippen molar-refractivity contribution in [1.82, 2.24) is 4.98 Å². The second-order valence-corrected chi connectivity index (χ2v) is 4.05. The molecule has 104 valence electrons. The van der Waals surface area contributed by atoms with E-state index in [1.807, 2.05) is 0 Å². The van der Waals surface area contributed by atoms with Crippen LogP contribution < -0.4 is 0 Å². The van der Waals surface area contributed by atoms with E-state index in [1.54, 1.807) is 20.8 Å². The van der Waals surface area contributed by atoms with E-state index in [4.69, 9.17) is 4.74 Å². The number of Topliss-reactive ketones (excluding diaryl/α,β-unsaturated/α-hetero) is 1. The van der Waals surface area contributed by atoms with Crippen molar-refractivity contribution in [3.05, 3.63) is 22.5 Å². The molecule has 0 bridgehead atoms. The Morgan fingerprint density at radius 1 is 1.16 bits per heavy atom. The van der Waals surface area contributed by atoms with E-state index in [9.17, 15) is 14.4 Å². The van der Waals surface area contributed by atoms with Crippen LogP contribution in [0.1, 0.15) is 46.0 Å². The Labute approximate surface area is 111 Å². The van der Waals surface area contributed by atoms with Crippen LogP contribution in [0.5, 0.6) is 0 Å². The largest absolute Gasteiger partial charge is 0.462 e. The van der Waals surface area contributed by atoms with Gasteiger partial charge in [-0.05, 0) is 26.3 Å². The molecule has 0 spiro atoms. The van der Waals surface area contributed by atoms with E-state index in [0.29, 0.717) is 16.8 Å². The first-order valence-electron chi connectivity index (χ1n) is 5.91. The van der Waals surface area contributed by atoms with Crippen molar-refractivity contribution in [2.75, 3.05) is 13.2 Å². The minimum absolute atomic E-state index is 0.264. The van der Waals surface area contributed by atoms with Crippen molar-refractivity contribution in [1.29, 1.82) is 0 Å². The first-order chi connectivity index (χ1) is 8.88. The highest BCUT2D eigenvalue weighted by atomic mass is 16.5. The van der Waals surface area contributed by atoms with Gasteiger partial charge in [0.1, 0.15) is 0 Å². The molecule has 0 aliphatic carbocycles. The van der Waals surface area contributed by atoms with E-state index in [-0.39, 0.29) is 24.7 Å². The third-order valence-corrected chi connectivity index (χ3v) is 2.60. The van der Waals surface area contributed by atoms with Gasteiger partial charge in [0.15, 0.2) is 6.61 Å². The maximum absolute atomic E-state index is 11.9. The predicted octanol–water partition coefficient (Wildman–Crippen LogP) is 1.55. The predicted molar refractivity (Wildman–Crippen MR) is 67.2 cm³/mol. The van der Waals surface area contributed by atoms with Crippen LogP contribution in [-0.4, -0.2) is 35.9 Å². The van der Waals surface area contributed by atoms with Crippen LogP contribution >= 0.6 is 0 Å². The quantitative estimate of drug-likeness (QED) is 0.646. The van der Waals surface area contributed by atoms with E-state index < -0.39 is 11.9 Å². The van der Waals surface area contributed by atoms with E-state index in [2.05, 4.69) is 9.72 Å². The van der Waals surface area contributed by atoms with Gasteiger partial charge in [-0.15, -0.1) is 0 Å². The number of rotatable bonds is 5. The van der Waals surface area contributed by atoms with Crippen molar-refractivity contribution in [3.63, 3.8) is 0 Å². The number of ketones is 1. The van der Waals surface area contributed by atoms with Crippen LogP contribution in [0.4, 0.5) is 0 Å². The molecule has 6 nitrogen and oxygen atoms in total. The summed E-state index contributed by atoms with van der Waals surface area (Å²) in [5.41, 5.74) is 1.69. The van der Waals surface area contributed by atoms with Gasteiger partial charge in [-0.3, -0.25) is 9.59 Å². The normalized spacial score (nSPS) is 10.1. The number of hydrogen-bond donors (Lipinski definition) is 1. The first kappa shape index (κ1) is 14.9. The van der Waals surface area contributed by atoms with Gasteiger partial charge in [-0.2, -0.15) is 0 Å². The average molecular weight is 267 g/mol. The zero-order valence-corrected chi connectivity index (χ0v) is 11.5. The Morgan fingerprint density at radius 2 is 1.79 bits per heavy atom. The highest BCUT2D eigenvalue weighted by molar-refractivity contribution is 6.02. The molecule has 0 atom stereocenters. The molecule has 6 heteroatoms. The monoisotopic (exact) mass is 267 g/mol. The van der Waals surface area contributed by atoms with Crippen molar-refractivity contribution in [2.24, 2.45) is 0 Å². The number of ether oxygens (including phenoxy) is 2.